The number of hydrogen-bond donors (Lipinski definition) is 0. The van der Waals surface area contributed by atoms with Crippen molar-refractivity contribution in [3.8, 4) is 0 Å². The number of likely N-dealkylation sites (tertiary alicyclic amines) is 1. The normalized spacial score (nSPS) is 27.2. The minimum Gasteiger partial charge on any atom is -0.371 e. The van der Waals surface area contributed by atoms with Gasteiger partial charge in [0.25, 0.3) is 0 Å². The van der Waals surface area contributed by atoms with Crippen LogP contribution in [-0.2, 0) is 17.5 Å². The van der Waals surface area contributed by atoms with Crippen LogP contribution in [0.3, 0.4) is 0 Å². The Morgan fingerprint density at radius 2 is 2.11 bits per heavy atom. The van der Waals surface area contributed by atoms with Crippen molar-refractivity contribution in [2.75, 3.05) is 19.6 Å². The van der Waals surface area contributed by atoms with Gasteiger partial charge in [0, 0.05) is 19.0 Å². The van der Waals surface area contributed by atoms with Crippen molar-refractivity contribution in [2.45, 2.75) is 31.7 Å². The van der Waals surface area contributed by atoms with Gasteiger partial charge in [-0.25, -0.2) is 0 Å². The maximum Gasteiger partial charge on any atom is 0.416 e. The minimum absolute atomic E-state index is 0.0379. The van der Waals surface area contributed by atoms with E-state index < -0.39 is 11.7 Å². The van der Waals surface area contributed by atoms with Crippen molar-refractivity contribution in [1.29, 1.82) is 0 Å². The average Bonchev–Trinajstić information content (AvgIpc) is 2.80. The zero-order valence-electron chi connectivity index (χ0n) is 10.7. The lowest BCUT2D eigenvalue weighted by atomic mass is 9.87. The second-order valence-corrected chi connectivity index (χ2v) is 5.18. The maximum atomic E-state index is 13.0. The Labute approximate surface area is 110 Å². The standard InChI is InChI=1S/C14H16F3NO/c1-2-18-6-10-9-4-3-5-12(14(15,16)17)11(9)8-19-13(10)7-18/h3-5,10,13H,2,6-8H2,1H3/t10-,13-/m1/s1. The molecule has 2 atom stereocenters. The van der Waals surface area contributed by atoms with Crippen molar-refractivity contribution in [1.82, 2.24) is 4.90 Å². The molecule has 2 nitrogen and oxygen atoms in total. The second-order valence-electron chi connectivity index (χ2n) is 5.18. The van der Waals surface area contributed by atoms with E-state index in [9.17, 15) is 13.2 Å². The van der Waals surface area contributed by atoms with E-state index in [1.807, 2.05) is 6.07 Å². The molecule has 2 aliphatic heterocycles. The van der Waals surface area contributed by atoms with Crippen molar-refractivity contribution >= 4 is 0 Å². The Balaban J connectivity index is 2.01. The average molecular weight is 271 g/mol. The third-order valence-electron chi connectivity index (χ3n) is 4.15. The van der Waals surface area contributed by atoms with Crippen LogP contribution in [0.1, 0.15) is 29.5 Å². The Hall–Kier alpha value is -1.07. The van der Waals surface area contributed by atoms with Crippen LogP contribution in [0.2, 0.25) is 0 Å². The first-order chi connectivity index (χ1) is 9.00. The zero-order valence-corrected chi connectivity index (χ0v) is 10.7. The molecule has 0 saturated carbocycles. The van der Waals surface area contributed by atoms with Gasteiger partial charge < -0.3 is 9.64 Å². The van der Waals surface area contributed by atoms with Gasteiger partial charge in [0.15, 0.2) is 0 Å². The second kappa shape index (κ2) is 4.49. The molecule has 0 amide bonds. The highest BCUT2D eigenvalue weighted by Gasteiger charge is 2.42. The molecule has 0 spiro atoms. The smallest absolute Gasteiger partial charge is 0.371 e. The van der Waals surface area contributed by atoms with Crippen molar-refractivity contribution < 1.29 is 17.9 Å². The number of ether oxygens (including phenoxy) is 1. The summed E-state index contributed by atoms with van der Waals surface area (Å²) in [6.45, 7) is 4.64. The molecule has 0 N–H and O–H groups in total. The third-order valence-corrected chi connectivity index (χ3v) is 4.15. The van der Waals surface area contributed by atoms with Crippen LogP contribution in [0.4, 0.5) is 13.2 Å². The first kappa shape index (κ1) is 12.9. The number of benzene rings is 1. The Kier molecular flexibility index (Phi) is 3.06. The van der Waals surface area contributed by atoms with Crippen LogP contribution in [0, 0.1) is 0 Å². The number of rotatable bonds is 1. The Bertz CT molecular complexity index is 486. The SMILES string of the molecule is CCN1C[C@@H]2c3cccc(C(F)(F)F)c3CO[C@@H]2C1. The summed E-state index contributed by atoms with van der Waals surface area (Å²) in [5, 5.41) is 0. The molecule has 0 radical (unpaired) electrons. The van der Waals surface area contributed by atoms with E-state index in [2.05, 4.69) is 11.8 Å². The van der Waals surface area contributed by atoms with Crippen LogP contribution in [0.25, 0.3) is 0 Å². The fourth-order valence-electron chi connectivity index (χ4n) is 3.15. The van der Waals surface area contributed by atoms with Crippen molar-refractivity contribution in [2.24, 2.45) is 0 Å². The van der Waals surface area contributed by atoms with E-state index in [-0.39, 0.29) is 18.6 Å². The van der Waals surface area contributed by atoms with Gasteiger partial charge in [0.1, 0.15) is 0 Å². The van der Waals surface area contributed by atoms with Gasteiger partial charge >= 0.3 is 6.18 Å². The quantitative estimate of drug-likeness (QED) is 0.778. The van der Waals surface area contributed by atoms with E-state index in [1.165, 1.54) is 6.07 Å². The number of fused-ring (bicyclic) bond motifs is 3. The summed E-state index contributed by atoms with van der Waals surface area (Å²) in [6.07, 6.45) is -4.26. The molecule has 0 aliphatic carbocycles. The highest BCUT2D eigenvalue weighted by atomic mass is 19.4. The molecule has 3 rings (SSSR count). The predicted octanol–water partition coefficient (Wildman–Crippen LogP) is 3.02. The van der Waals surface area contributed by atoms with E-state index in [0.29, 0.717) is 5.56 Å². The largest absolute Gasteiger partial charge is 0.416 e. The lowest BCUT2D eigenvalue weighted by Gasteiger charge is -2.29. The molecule has 19 heavy (non-hydrogen) atoms. The summed E-state index contributed by atoms with van der Waals surface area (Å²) in [7, 11) is 0. The van der Waals surface area contributed by atoms with E-state index in [0.717, 1.165) is 31.3 Å². The molecular weight excluding hydrogens is 255 g/mol. The summed E-state index contributed by atoms with van der Waals surface area (Å²) >= 11 is 0. The van der Waals surface area contributed by atoms with E-state index in [1.54, 1.807) is 0 Å². The molecule has 2 heterocycles. The molecule has 1 aromatic rings. The van der Waals surface area contributed by atoms with Crippen molar-refractivity contribution in [3.05, 3.63) is 34.9 Å². The summed E-state index contributed by atoms with van der Waals surface area (Å²) in [5.74, 6) is 0.0750. The Morgan fingerprint density at radius 1 is 1.32 bits per heavy atom. The maximum absolute atomic E-state index is 13.0. The first-order valence-corrected chi connectivity index (χ1v) is 6.53. The third kappa shape index (κ3) is 2.15. The number of alkyl halides is 3. The number of likely N-dealkylation sites (N-methyl/N-ethyl adjacent to an activating group) is 1. The molecule has 2 aliphatic rings. The molecule has 0 aromatic heterocycles. The molecular formula is C14H16F3NO. The highest BCUT2D eigenvalue weighted by Crippen LogP contribution is 2.42. The van der Waals surface area contributed by atoms with Crippen LogP contribution >= 0.6 is 0 Å². The minimum atomic E-state index is -4.30. The van der Waals surface area contributed by atoms with Crippen LogP contribution in [0.15, 0.2) is 18.2 Å². The first-order valence-electron chi connectivity index (χ1n) is 6.53. The van der Waals surface area contributed by atoms with Crippen LogP contribution in [-0.4, -0.2) is 30.6 Å². The van der Waals surface area contributed by atoms with Gasteiger partial charge in [-0.05, 0) is 23.7 Å². The van der Waals surface area contributed by atoms with Crippen molar-refractivity contribution in [3.63, 3.8) is 0 Å². The molecule has 0 bridgehead atoms. The number of hydrogen-bond acceptors (Lipinski definition) is 2. The molecule has 1 aromatic carbocycles. The molecule has 0 unspecified atom stereocenters. The highest BCUT2D eigenvalue weighted by molar-refractivity contribution is 5.41. The number of halogens is 3. The van der Waals surface area contributed by atoms with E-state index >= 15 is 0 Å². The van der Waals surface area contributed by atoms with E-state index in [4.69, 9.17) is 4.74 Å². The summed E-state index contributed by atoms with van der Waals surface area (Å²) < 4.78 is 44.6. The fourth-order valence-corrected chi connectivity index (χ4v) is 3.15. The Morgan fingerprint density at radius 3 is 2.79 bits per heavy atom. The molecule has 104 valence electrons. The topological polar surface area (TPSA) is 12.5 Å². The van der Waals surface area contributed by atoms with Gasteiger partial charge in [-0.2, -0.15) is 13.2 Å². The summed E-state index contributed by atoms with van der Waals surface area (Å²) in [4.78, 5) is 2.23. The zero-order chi connectivity index (χ0) is 13.6. The van der Waals surface area contributed by atoms with Gasteiger partial charge in [0.05, 0.1) is 18.3 Å². The molecule has 1 fully saturated rings. The van der Waals surface area contributed by atoms with Crippen LogP contribution in [0.5, 0.6) is 0 Å². The summed E-state index contributed by atoms with van der Waals surface area (Å²) in [6, 6.07) is 4.48. The lowest BCUT2D eigenvalue weighted by molar-refractivity contribution is -0.139. The monoisotopic (exact) mass is 271 g/mol. The lowest BCUT2D eigenvalue weighted by Crippen LogP contribution is -2.29. The fraction of sp³-hybridized carbons (Fsp3) is 0.571. The van der Waals surface area contributed by atoms with Crippen LogP contribution < -0.4 is 0 Å². The van der Waals surface area contributed by atoms with Gasteiger partial charge in [-0.1, -0.05) is 19.1 Å². The number of nitrogens with zero attached hydrogens (tertiary/aromatic N) is 1. The summed E-state index contributed by atoms with van der Waals surface area (Å²) in [5.41, 5.74) is 0.606. The molecule has 5 heteroatoms. The van der Waals surface area contributed by atoms with Gasteiger partial charge in [0.2, 0.25) is 0 Å². The predicted molar refractivity (Wildman–Crippen MR) is 64.9 cm³/mol. The molecule has 1 saturated heterocycles. The van der Waals surface area contributed by atoms with Gasteiger partial charge in [-0.15, -0.1) is 0 Å². The van der Waals surface area contributed by atoms with Gasteiger partial charge in [-0.3, -0.25) is 0 Å².